The van der Waals surface area contributed by atoms with E-state index < -0.39 is 10.0 Å². The Balaban J connectivity index is 1.35. The topological polar surface area (TPSA) is 109 Å². The maximum Gasteiger partial charge on any atom is 0.248 e. The molecular weight excluding hydrogens is 432 g/mol. The van der Waals surface area contributed by atoms with Crippen molar-refractivity contribution in [2.75, 3.05) is 39.3 Å². The lowest BCUT2D eigenvalue weighted by Gasteiger charge is -2.30. The minimum absolute atomic E-state index is 0.0180. The molecule has 2 aromatic heterocycles. The number of amides is 1. The number of nitrogens with one attached hydrogen (secondary N) is 1. The van der Waals surface area contributed by atoms with Gasteiger partial charge in [0.05, 0.1) is 6.26 Å². The highest BCUT2D eigenvalue weighted by atomic mass is 32.2. The van der Waals surface area contributed by atoms with Gasteiger partial charge < -0.3 is 19.2 Å². The molecule has 174 valence electrons. The second-order valence-electron chi connectivity index (χ2n) is 8.33. The molecule has 4 rings (SSSR count). The van der Waals surface area contributed by atoms with E-state index in [1.807, 2.05) is 0 Å². The number of nitrogens with zero attached hydrogens (tertiary/aromatic N) is 3. The lowest BCUT2D eigenvalue weighted by molar-refractivity contribution is -0.126. The molecule has 0 saturated carbocycles. The van der Waals surface area contributed by atoms with Gasteiger partial charge in [-0.25, -0.2) is 8.42 Å². The van der Waals surface area contributed by atoms with Crippen LogP contribution < -0.4 is 5.32 Å². The number of rotatable bonds is 8. The predicted octanol–water partition coefficient (Wildman–Crippen LogP) is 2.36. The van der Waals surface area contributed by atoms with Gasteiger partial charge in [-0.05, 0) is 70.0 Å². The predicted molar refractivity (Wildman–Crippen MR) is 119 cm³/mol. The summed E-state index contributed by atoms with van der Waals surface area (Å²) in [5, 5.41) is 6.87. The number of sulfonamides is 1. The van der Waals surface area contributed by atoms with Crippen molar-refractivity contribution in [2.45, 2.75) is 37.5 Å². The number of hydrogen-bond donors (Lipinski definition) is 1. The Hall–Kier alpha value is -2.43. The van der Waals surface area contributed by atoms with E-state index in [0.717, 1.165) is 19.6 Å². The minimum atomic E-state index is -3.79. The minimum Gasteiger partial charge on any atom is -0.465 e. The zero-order valence-electron chi connectivity index (χ0n) is 18.3. The molecule has 0 radical (unpaired) electrons. The van der Waals surface area contributed by atoms with E-state index in [-0.39, 0.29) is 22.5 Å². The van der Waals surface area contributed by atoms with Crippen LogP contribution in [-0.2, 0) is 14.8 Å². The van der Waals surface area contributed by atoms with Crippen LogP contribution in [0.2, 0.25) is 0 Å². The van der Waals surface area contributed by atoms with Crippen molar-refractivity contribution < 1.29 is 22.2 Å². The van der Waals surface area contributed by atoms with Crippen molar-refractivity contribution in [2.24, 2.45) is 5.92 Å². The second kappa shape index (κ2) is 10.0. The van der Waals surface area contributed by atoms with Gasteiger partial charge in [0, 0.05) is 32.1 Å². The summed E-state index contributed by atoms with van der Waals surface area (Å²) in [5.41, 5.74) is 0.311. The summed E-state index contributed by atoms with van der Waals surface area (Å²) in [6, 6.07) is 3.50. The fourth-order valence-corrected chi connectivity index (χ4v) is 6.04. The summed E-state index contributed by atoms with van der Waals surface area (Å²) in [5.74, 6) is 0.603. The van der Waals surface area contributed by atoms with E-state index in [9.17, 15) is 13.2 Å². The summed E-state index contributed by atoms with van der Waals surface area (Å²) in [4.78, 5) is 14.9. The molecule has 2 saturated heterocycles. The average Bonchev–Trinajstić information content (AvgIpc) is 3.55. The van der Waals surface area contributed by atoms with Crippen LogP contribution in [0, 0.1) is 12.8 Å². The van der Waals surface area contributed by atoms with Gasteiger partial charge in [-0.15, -0.1) is 0 Å². The van der Waals surface area contributed by atoms with Crippen LogP contribution in [0.1, 0.15) is 42.9 Å². The molecule has 0 unspecified atom stereocenters. The van der Waals surface area contributed by atoms with Gasteiger partial charge in [-0.1, -0.05) is 5.16 Å². The highest BCUT2D eigenvalue weighted by Crippen LogP contribution is 2.29. The van der Waals surface area contributed by atoms with E-state index in [2.05, 4.69) is 15.4 Å². The van der Waals surface area contributed by atoms with Crippen LogP contribution in [0.4, 0.5) is 0 Å². The lowest BCUT2D eigenvalue weighted by Crippen LogP contribution is -2.44. The van der Waals surface area contributed by atoms with Gasteiger partial charge in [0.1, 0.15) is 11.5 Å². The van der Waals surface area contributed by atoms with Gasteiger partial charge in [0.15, 0.2) is 10.7 Å². The molecule has 1 amide bonds. The summed E-state index contributed by atoms with van der Waals surface area (Å²) in [7, 11) is -3.79. The van der Waals surface area contributed by atoms with Gasteiger partial charge in [0.2, 0.25) is 15.9 Å². The zero-order chi connectivity index (χ0) is 22.6. The molecule has 0 aromatic carbocycles. The first-order chi connectivity index (χ1) is 15.4. The van der Waals surface area contributed by atoms with E-state index in [4.69, 9.17) is 8.94 Å². The molecule has 1 N–H and O–H groups in total. The SMILES string of the molecule is Cc1noc(C=Cc2ccco2)c1S(=O)(=O)N1CCC(C(=O)NCCN2CCCC2)CC1. The molecule has 2 aliphatic heterocycles. The van der Waals surface area contributed by atoms with Crippen LogP contribution in [-0.4, -0.2) is 68.0 Å². The van der Waals surface area contributed by atoms with Crippen LogP contribution in [0.3, 0.4) is 0 Å². The van der Waals surface area contributed by atoms with Gasteiger partial charge >= 0.3 is 0 Å². The third kappa shape index (κ3) is 5.13. The molecule has 0 atom stereocenters. The summed E-state index contributed by atoms with van der Waals surface area (Å²) < 4.78 is 38.6. The first kappa shape index (κ1) is 22.8. The molecule has 2 aliphatic rings. The summed E-state index contributed by atoms with van der Waals surface area (Å²) in [6.45, 7) is 5.92. The number of furan rings is 1. The number of carbonyl (C=O) groups excluding carboxylic acids is 1. The Morgan fingerprint density at radius 3 is 2.66 bits per heavy atom. The van der Waals surface area contributed by atoms with Crippen molar-refractivity contribution >= 4 is 28.1 Å². The third-order valence-corrected chi connectivity index (χ3v) is 8.18. The molecule has 4 heterocycles. The molecule has 9 nitrogen and oxygen atoms in total. The number of piperidine rings is 1. The first-order valence-corrected chi connectivity index (χ1v) is 12.6. The van der Waals surface area contributed by atoms with Crippen LogP contribution in [0.25, 0.3) is 12.2 Å². The monoisotopic (exact) mass is 462 g/mol. The quantitative estimate of drug-likeness (QED) is 0.641. The van der Waals surface area contributed by atoms with Crippen molar-refractivity contribution in [3.8, 4) is 0 Å². The van der Waals surface area contributed by atoms with Gasteiger partial charge in [0.25, 0.3) is 0 Å². The van der Waals surface area contributed by atoms with E-state index in [1.54, 1.807) is 31.2 Å². The van der Waals surface area contributed by atoms with E-state index in [0.29, 0.717) is 43.9 Å². The molecule has 10 heteroatoms. The molecule has 0 spiro atoms. The van der Waals surface area contributed by atoms with Crippen molar-refractivity contribution in [3.05, 3.63) is 35.6 Å². The number of likely N-dealkylation sites (tertiary alicyclic amines) is 1. The maximum atomic E-state index is 13.3. The molecule has 0 aliphatic carbocycles. The highest BCUT2D eigenvalue weighted by molar-refractivity contribution is 7.89. The van der Waals surface area contributed by atoms with Crippen LogP contribution in [0.5, 0.6) is 0 Å². The van der Waals surface area contributed by atoms with Gasteiger partial charge in [-0.3, -0.25) is 4.79 Å². The Kier molecular flexibility index (Phi) is 7.12. The van der Waals surface area contributed by atoms with Crippen molar-refractivity contribution in [1.29, 1.82) is 0 Å². The lowest BCUT2D eigenvalue weighted by atomic mass is 9.97. The fraction of sp³-hybridized carbons (Fsp3) is 0.545. The highest BCUT2D eigenvalue weighted by Gasteiger charge is 2.35. The molecule has 32 heavy (non-hydrogen) atoms. The Morgan fingerprint density at radius 1 is 1.22 bits per heavy atom. The normalized spacial score (nSPS) is 19.2. The van der Waals surface area contributed by atoms with Crippen molar-refractivity contribution in [3.63, 3.8) is 0 Å². The fourth-order valence-electron chi connectivity index (χ4n) is 4.32. The van der Waals surface area contributed by atoms with Crippen LogP contribution in [0.15, 0.2) is 32.2 Å². The number of hydrogen-bond acceptors (Lipinski definition) is 7. The number of aromatic nitrogens is 1. The number of aryl methyl sites for hydroxylation is 1. The Bertz CT molecular complexity index is 1030. The standard InChI is InChI=1S/C22H30N4O5S/c1-17-21(20(31-24-17)7-6-19-5-4-16-30-19)32(28,29)26-13-8-18(9-14-26)22(27)23-10-15-25-11-2-3-12-25/h4-7,16,18H,2-3,8-15H2,1H3,(H,23,27). The smallest absolute Gasteiger partial charge is 0.248 e. The summed E-state index contributed by atoms with van der Waals surface area (Å²) >= 11 is 0. The van der Waals surface area contributed by atoms with E-state index >= 15 is 0 Å². The maximum absolute atomic E-state index is 13.3. The Labute approximate surface area is 188 Å². The summed E-state index contributed by atoms with van der Waals surface area (Å²) in [6.07, 6.45) is 8.17. The molecule has 0 bridgehead atoms. The van der Waals surface area contributed by atoms with E-state index in [1.165, 1.54) is 23.4 Å². The number of carbonyl (C=O) groups is 1. The van der Waals surface area contributed by atoms with Crippen molar-refractivity contribution in [1.82, 2.24) is 19.7 Å². The molecule has 2 aromatic rings. The molecular formula is C22H30N4O5S. The Morgan fingerprint density at radius 2 is 1.97 bits per heavy atom. The second-order valence-corrected chi connectivity index (χ2v) is 10.2. The van der Waals surface area contributed by atoms with Crippen LogP contribution >= 0.6 is 0 Å². The first-order valence-electron chi connectivity index (χ1n) is 11.1. The largest absolute Gasteiger partial charge is 0.465 e. The average molecular weight is 463 g/mol. The van der Waals surface area contributed by atoms with Gasteiger partial charge in [-0.2, -0.15) is 4.31 Å². The third-order valence-electron chi connectivity index (χ3n) is 6.12. The zero-order valence-corrected chi connectivity index (χ0v) is 19.1. The molecule has 2 fully saturated rings.